The van der Waals surface area contributed by atoms with Crippen molar-refractivity contribution in [3.8, 4) is 0 Å². The van der Waals surface area contributed by atoms with Crippen LogP contribution in [0, 0.1) is 18.7 Å². The van der Waals surface area contributed by atoms with Gasteiger partial charge >= 0.3 is 0 Å². The average Bonchev–Trinajstić information content (AvgIpc) is 3.55. The first-order valence-corrected chi connectivity index (χ1v) is 15.9. The first-order chi connectivity index (χ1) is 21.0. The fourth-order valence-electron chi connectivity index (χ4n) is 6.51. The van der Waals surface area contributed by atoms with Crippen molar-refractivity contribution >= 4 is 23.4 Å². The number of carbonyl (C=O) groups is 3. The number of piperidine rings is 1. The standard InChI is InChI=1S/C37H44FN3O3/c1-25-10-7-14-31(38)33(25)36(44)41-23-9-13-30(35(43)39-29-12-8-11-28(24-29)37(2,3)4)34(41)27-18-15-26(16-19-27)17-20-32(42)40-21-5-6-22-40/h7-8,10-12,14-16,18-19,24,30,34H,5-6,9,13,17,20-23H2,1-4H3,(H,39,43)/t30-,34?/m0/s1. The number of benzene rings is 3. The van der Waals surface area contributed by atoms with Crippen molar-refractivity contribution in [2.24, 2.45) is 5.92 Å². The summed E-state index contributed by atoms with van der Waals surface area (Å²) in [5.74, 6) is -1.47. The fourth-order valence-corrected chi connectivity index (χ4v) is 6.51. The predicted molar refractivity (Wildman–Crippen MR) is 172 cm³/mol. The summed E-state index contributed by atoms with van der Waals surface area (Å²) in [7, 11) is 0. The van der Waals surface area contributed by atoms with Crippen molar-refractivity contribution in [3.05, 3.63) is 100 Å². The van der Waals surface area contributed by atoms with Crippen LogP contribution in [0.2, 0.25) is 0 Å². The van der Waals surface area contributed by atoms with Crippen molar-refractivity contribution in [1.29, 1.82) is 0 Å². The molecule has 2 saturated heterocycles. The van der Waals surface area contributed by atoms with Gasteiger partial charge < -0.3 is 15.1 Å². The SMILES string of the molecule is Cc1cccc(F)c1C(=O)N1CCC[C@H](C(=O)Nc2cccc(C(C)(C)C)c2)C1c1ccc(CCC(=O)N2CCCC2)cc1. The van der Waals surface area contributed by atoms with Crippen molar-refractivity contribution < 1.29 is 18.8 Å². The van der Waals surface area contributed by atoms with Crippen molar-refractivity contribution in [2.45, 2.75) is 77.7 Å². The van der Waals surface area contributed by atoms with Gasteiger partial charge in [-0.1, -0.05) is 69.3 Å². The van der Waals surface area contributed by atoms with E-state index in [-0.39, 0.29) is 22.8 Å². The van der Waals surface area contributed by atoms with Gasteiger partial charge in [0.2, 0.25) is 11.8 Å². The van der Waals surface area contributed by atoms with Crippen LogP contribution in [0.3, 0.4) is 0 Å². The van der Waals surface area contributed by atoms with Crippen LogP contribution in [0.25, 0.3) is 0 Å². The number of nitrogens with zero attached hydrogens (tertiary/aromatic N) is 2. The predicted octanol–water partition coefficient (Wildman–Crippen LogP) is 7.22. The third-order valence-electron chi connectivity index (χ3n) is 9.07. The molecule has 7 heteroatoms. The summed E-state index contributed by atoms with van der Waals surface area (Å²) in [6.07, 6.45) is 4.46. The molecule has 3 aromatic rings. The van der Waals surface area contributed by atoms with E-state index in [0.29, 0.717) is 43.5 Å². The van der Waals surface area contributed by atoms with Gasteiger partial charge in [0.05, 0.1) is 17.5 Å². The molecule has 0 radical (unpaired) electrons. The highest BCUT2D eigenvalue weighted by atomic mass is 19.1. The highest BCUT2D eigenvalue weighted by Crippen LogP contribution is 2.39. The van der Waals surface area contributed by atoms with Gasteiger partial charge in [-0.2, -0.15) is 0 Å². The minimum Gasteiger partial charge on any atom is -0.343 e. The van der Waals surface area contributed by atoms with Gasteiger partial charge in [0, 0.05) is 31.7 Å². The van der Waals surface area contributed by atoms with Crippen LogP contribution in [-0.4, -0.2) is 47.2 Å². The van der Waals surface area contributed by atoms with Gasteiger partial charge in [-0.05, 0) is 84.9 Å². The monoisotopic (exact) mass is 597 g/mol. The molecular weight excluding hydrogens is 553 g/mol. The maximum atomic E-state index is 15.0. The Labute approximate surface area is 260 Å². The van der Waals surface area contributed by atoms with Crippen LogP contribution in [0.4, 0.5) is 10.1 Å². The fraction of sp³-hybridized carbons (Fsp3) is 0.432. The molecule has 3 amide bonds. The van der Waals surface area contributed by atoms with E-state index in [2.05, 4.69) is 32.2 Å². The van der Waals surface area contributed by atoms with Gasteiger partial charge in [0.1, 0.15) is 5.82 Å². The lowest BCUT2D eigenvalue weighted by atomic mass is 9.82. The van der Waals surface area contributed by atoms with E-state index in [1.54, 1.807) is 24.0 Å². The van der Waals surface area contributed by atoms with Crippen LogP contribution in [0.5, 0.6) is 0 Å². The van der Waals surface area contributed by atoms with Crippen LogP contribution in [0.15, 0.2) is 66.7 Å². The van der Waals surface area contributed by atoms with Crippen LogP contribution in [-0.2, 0) is 21.4 Å². The molecule has 232 valence electrons. The first-order valence-electron chi connectivity index (χ1n) is 15.9. The lowest BCUT2D eigenvalue weighted by Gasteiger charge is -2.41. The molecule has 6 nitrogen and oxygen atoms in total. The van der Waals surface area contributed by atoms with Gasteiger partial charge in [0.25, 0.3) is 5.91 Å². The summed E-state index contributed by atoms with van der Waals surface area (Å²) in [5, 5.41) is 3.12. The van der Waals surface area contributed by atoms with Crippen LogP contribution in [0.1, 0.15) is 91.5 Å². The maximum absolute atomic E-state index is 15.0. The normalized spacial score (nSPS) is 18.8. The van der Waals surface area contributed by atoms with Gasteiger partial charge in [-0.3, -0.25) is 14.4 Å². The molecular formula is C37H44FN3O3. The number of hydrogen-bond donors (Lipinski definition) is 1. The molecule has 0 spiro atoms. The molecule has 2 heterocycles. The van der Waals surface area contributed by atoms with E-state index in [0.717, 1.165) is 42.6 Å². The highest BCUT2D eigenvalue weighted by Gasteiger charge is 2.40. The number of aryl methyl sites for hydroxylation is 2. The lowest BCUT2D eigenvalue weighted by Crippen LogP contribution is -2.46. The minimum absolute atomic E-state index is 0.0495. The largest absolute Gasteiger partial charge is 0.343 e. The Kier molecular flexibility index (Phi) is 9.52. The maximum Gasteiger partial charge on any atom is 0.257 e. The summed E-state index contributed by atoms with van der Waals surface area (Å²) in [6, 6.07) is 19.8. The molecule has 5 rings (SSSR count). The van der Waals surface area contributed by atoms with E-state index in [1.165, 1.54) is 6.07 Å². The topological polar surface area (TPSA) is 69.7 Å². The summed E-state index contributed by atoms with van der Waals surface area (Å²) in [6.45, 7) is 10.2. The van der Waals surface area contributed by atoms with Gasteiger partial charge in [0.15, 0.2) is 0 Å². The molecule has 2 fully saturated rings. The van der Waals surface area contributed by atoms with Crippen LogP contribution >= 0.6 is 0 Å². The molecule has 3 aromatic carbocycles. The minimum atomic E-state index is -0.568. The number of rotatable bonds is 7. The third-order valence-corrected chi connectivity index (χ3v) is 9.07. The summed E-state index contributed by atoms with van der Waals surface area (Å²) >= 11 is 0. The molecule has 1 unspecified atom stereocenters. The Morgan fingerprint density at radius 1 is 0.909 bits per heavy atom. The van der Waals surface area contributed by atoms with Gasteiger partial charge in [-0.15, -0.1) is 0 Å². The van der Waals surface area contributed by atoms with Crippen molar-refractivity contribution in [1.82, 2.24) is 9.80 Å². The number of halogens is 1. The number of amides is 3. The van der Waals surface area contributed by atoms with E-state index in [1.807, 2.05) is 47.4 Å². The van der Waals surface area contributed by atoms with Crippen molar-refractivity contribution in [2.75, 3.05) is 25.0 Å². The summed E-state index contributed by atoms with van der Waals surface area (Å²) in [4.78, 5) is 44.1. The second kappa shape index (κ2) is 13.3. The Morgan fingerprint density at radius 3 is 2.30 bits per heavy atom. The Balaban J connectivity index is 1.43. The highest BCUT2D eigenvalue weighted by molar-refractivity contribution is 5.98. The van der Waals surface area contributed by atoms with E-state index >= 15 is 4.39 Å². The number of carbonyl (C=O) groups excluding carboxylic acids is 3. The van der Waals surface area contributed by atoms with E-state index in [4.69, 9.17) is 0 Å². The quantitative estimate of drug-likeness (QED) is 0.313. The molecule has 2 atom stereocenters. The van der Waals surface area contributed by atoms with E-state index < -0.39 is 23.7 Å². The molecule has 0 saturated carbocycles. The number of likely N-dealkylation sites (tertiary alicyclic amines) is 2. The Morgan fingerprint density at radius 2 is 1.61 bits per heavy atom. The second-order valence-corrected chi connectivity index (χ2v) is 13.3. The molecule has 0 aliphatic carbocycles. The van der Waals surface area contributed by atoms with Crippen molar-refractivity contribution in [3.63, 3.8) is 0 Å². The summed E-state index contributed by atoms with van der Waals surface area (Å²) < 4.78 is 15.0. The zero-order valence-electron chi connectivity index (χ0n) is 26.4. The zero-order chi connectivity index (χ0) is 31.4. The number of hydrogen-bond acceptors (Lipinski definition) is 3. The molecule has 2 aliphatic rings. The summed E-state index contributed by atoms with van der Waals surface area (Å²) in [5.41, 5.74) is 4.22. The smallest absolute Gasteiger partial charge is 0.257 e. The van der Waals surface area contributed by atoms with E-state index in [9.17, 15) is 14.4 Å². The zero-order valence-corrected chi connectivity index (χ0v) is 26.4. The molecule has 2 aliphatic heterocycles. The van der Waals surface area contributed by atoms with Crippen LogP contribution < -0.4 is 5.32 Å². The Hall–Kier alpha value is -4.00. The molecule has 1 N–H and O–H groups in total. The molecule has 0 bridgehead atoms. The molecule has 0 aromatic heterocycles. The number of anilines is 1. The first kappa shape index (κ1) is 31.4. The lowest BCUT2D eigenvalue weighted by molar-refractivity contribution is -0.130. The second-order valence-electron chi connectivity index (χ2n) is 13.3. The number of nitrogens with one attached hydrogen (secondary N) is 1. The molecule has 44 heavy (non-hydrogen) atoms. The average molecular weight is 598 g/mol. The van der Waals surface area contributed by atoms with Gasteiger partial charge in [-0.25, -0.2) is 4.39 Å². The third kappa shape index (κ3) is 7.03. The Bertz CT molecular complexity index is 1480.